The monoisotopic (exact) mass is 221 g/mol. The van der Waals surface area contributed by atoms with Crippen LogP contribution in [0.3, 0.4) is 0 Å². The normalized spacial score (nSPS) is 12.9. The summed E-state index contributed by atoms with van der Waals surface area (Å²) in [7, 11) is 3.54. The van der Waals surface area contributed by atoms with Gasteiger partial charge in [-0.2, -0.15) is 5.10 Å². The molecule has 16 heavy (non-hydrogen) atoms. The lowest BCUT2D eigenvalue weighted by molar-refractivity contribution is 0.190. The lowest BCUT2D eigenvalue weighted by atomic mass is 10.3. The van der Waals surface area contributed by atoms with Gasteiger partial charge in [0.1, 0.15) is 12.1 Å². The van der Waals surface area contributed by atoms with Crippen molar-refractivity contribution in [1.82, 2.24) is 19.7 Å². The van der Waals surface area contributed by atoms with E-state index in [9.17, 15) is 0 Å². The van der Waals surface area contributed by atoms with E-state index in [1.807, 2.05) is 14.0 Å². The van der Waals surface area contributed by atoms with Crippen LogP contribution < -0.4 is 5.32 Å². The number of nitrogens with one attached hydrogen (secondary N) is 1. The zero-order valence-electron chi connectivity index (χ0n) is 9.64. The molecule has 0 radical (unpaired) electrons. The van der Waals surface area contributed by atoms with Crippen molar-refractivity contribution in [2.75, 3.05) is 19.0 Å². The molecule has 6 heteroatoms. The highest BCUT2D eigenvalue weighted by Crippen LogP contribution is 2.18. The van der Waals surface area contributed by atoms with Crippen LogP contribution >= 0.6 is 0 Å². The summed E-state index contributed by atoms with van der Waals surface area (Å²) in [5.74, 6) is 0.794. The van der Waals surface area contributed by atoms with E-state index in [1.54, 1.807) is 18.0 Å². The predicted octanol–water partition coefficient (Wildman–Crippen LogP) is 0.810. The largest absolute Gasteiger partial charge is 0.383 e. The minimum atomic E-state index is 0.198. The molecule has 0 aliphatic rings. The summed E-state index contributed by atoms with van der Waals surface area (Å²) in [6.45, 7) is 2.67. The Morgan fingerprint density at radius 3 is 3.06 bits per heavy atom. The van der Waals surface area contributed by atoms with Crippen molar-refractivity contribution in [2.45, 2.75) is 13.0 Å². The maximum Gasteiger partial charge on any atom is 0.163 e. The quantitative estimate of drug-likeness (QED) is 0.827. The van der Waals surface area contributed by atoms with Gasteiger partial charge >= 0.3 is 0 Å². The Hall–Kier alpha value is -1.69. The van der Waals surface area contributed by atoms with Crippen molar-refractivity contribution in [3.63, 3.8) is 0 Å². The third kappa shape index (κ3) is 1.96. The lowest BCUT2D eigenvalue weighted by Gasteiger charge is -2.13. The van der Waals surface area contributed by atoms with Crippen molar-refractivity contribution in [2.24, 2.45) is 7.05 Å². The summed E-state index contributed by atoms with van der Waals surface area (Å²) in [6, 6.07) is 0.198. The Morgan fingerprint density at radius 2 is 2.31 bits per heavy atom. The first kappa shape index (κ1) is 10.8. The molecule has 0 aliphatic heterocycles. The fraction of sp³-hybridized carbons (Fsp3) is 0.500. The summed E-state index contributed by atoms with van der Waals surface area (Å²) in [5, 5.41) is 8.35. The third-order valence-electron chi connectivity index (χ3n) is 2.33. The van der Waals surface area contributed by atoms with Crippen LogP contribution in [-0.4, -0.2) is 39.5 Å². The molecule has 0 fully saturated rings. The van der Waals surface area contributed by atoms with E-state index in [0.717, 1.165) is 16.9 Å². The Labute approximate surface area is 93.6 Å². The van der Waals surface area contributed by atoms with Gasteiger partial charge in [-0.25, -0.2) is 9.97 Å². The van der Waals surface area contributed by atoms with E-state index in [0.29, 0.717) is 6.61 Å². The molecule has 0 amide bonds. The number of hydrogen-bond donors (Lipinski definition) is 1. The summed E-state index contributed by atoms with van der Waals surface area (Å²) in [6.07, 6.45) is 3.29. The van der Waals surface area contributed by atoms with Gasteiger partial charge in [0, 0.05) is 20.2 Å². The molecule has 0 spiro atoms. The van der Waals surface area contributed by atoms with Gasteiger partial charge in [0.05, 0.1) is 18.2 Å². The van der Waals surface area contributed by atoms with Gasteiger partial charge in [-0.05, 0) is 6.92 Å². The highest BCUT2D eigenvalue weighted by atomic mass is 16.5. The Balaban J connectivity index is 2.30. The highest BCUT2D eigenvalue weighted by Gasteiger charge is 2.09. The topological polar surface area (TPSA) is 64.9 Å². The fourth-order valence-electron chi connectivity index (χ4n) is 1.60. The summed E-state index contributed by atoms with van der Waals surface area (Å²) in [4.78, 5) is 8.38. The molecule has 1 atom stereocenters. The maximum absolute atomic E-state index is 5.07. The first-order chi connectivity index (χ1) is 7.72. The van der Waals surface area contributed by atoms with Gasteiger partial charge < -0.3 is 10.1 Å². The van der Waals surface area contributed by atoms with Crippen LogP contribution in [0, 0.1) is 0 Å². The second-order valence-corrected chi connectivity index (χ2v) is 3.73. The number of rotatable bonds is 4. The van der Waals surface area contributed by atoms with Gasteiger partial charge in [0.2, 0.25) is 0 Å². The minimum Gasteiger partial charge on any atom is -0.383 e. The first-order valence-electron chi connectivity index (χ1n) is 5.10. The molecule has 2 aromatic heterocycles. The average Bonchev–Trinajstić information content (AvgIpc) is 2.62. The van der Waals surface area contributed by atoms with Crippen LogP contribution in [-0.2, 0) is 11.8 Å². The van der Waals surface area contributed by atoms with Crippen molar-refractivity contribution < 1.29 is 4.74 Å². The molecular formula is C10H15N5O. The van der Waals surface area contributed by atoms with E-state index >= 15 is 0 Å². The van der Waals surface area contributed by atoms with E-state index in [2.05, 4.69) is 20.4 Å². The van der Waals surface area contributed by atoms with Crippen LogP contribution in [0.2, 0.25) is 0 Å². The van der Waals surface area contributed by atoms with E-state index in [4.69, 9.17) is 4.74 Å². The van der Waals surface area contributed by atoms with Gasteiger partial charge in [-0.15, -0.1) is 0 Å². The molecular weight excluding hydrogens is 206 g/mol. The smallest absolute Gasteiger partial charge is 0.163 e. The maximum atomic E-state index is 5.07. The number of hydrogen-bond acceptors (Lipinski definition) is 5. The number of ether oxygens (including phenoxy) is 1. The molecule has 1 N–H and O–H groups in total. The second kappa shape index (κ2) is 4.44. The third-order valence-corrected chi connectivity index (χ3v) is 2.33. The van der Waals surface area contributed by atoms with Gasteiger partial charge in [-0.1, -0.05) is 0 Å². The van der Waals surface area contributed by atoms with Gasteiger partial charge in [0.15, 0.2) is 5.65 Å². The fourth-order valence-corrected chi connectivity index (χ4v) is 1.60. The van der Waals surface area contributed by atoms with Crippen molar-refractivity contribution >= 4 is 16.9 Å². The molecule has 0 aromatic carbocycles. The zero-order valence-corrected chi connectivity index (χ0v) is 9.64. The molecule has 2 heterocycles. The minimum absolute atomic E-state index is 0.198. The number of aromatic nitrogens is 4. The number of methoxy groups -OCH3 is 1. The Kier molecular flexibility index (Phi) is 3.00. The summed E-state index contributed by atoms with van der Waals surface area (Å²) < 4.78 is 6.79. The molecule has 0 aliphatic carbocycles. The first-order valence-corrected chi connectivity index (χ1v) is 5.10. The molecule has 0 saturated carbocycles. The Morgan fingerprint density at radius 1 is 1.50 bits per heavy atom. The van der Waals surface area contributed by atoms with Crippen molar-refractivity contribution in [3.8, 4) is 0 Å². The van der Waals surface area contributed by atoms with E-state index in [-0.39, 0.29) is 6.04 Å². The Bertz CT molecular complexity index is 481. The van der Waals surface area contributed by atoms with E-state index in [1.165, 1.54) is 6.33 Å². The predicted molar refractivity (Wildman–Crippen MR) is 61.3 cm³/mol. The van der Waals surface area contributed by atoms with Crippen LogP contribution in [0.25, 0.3) is 11.0 Å². The van der Waals surface area contributed by atoms with Crippen LogP contribution in [0.15, 0.2) is 12.5 Å². The zero-order chi connectivity index (χ0) is 11.5. The summed E-state index contributed by atoms with van der Waals surface area (Å²) in [5.41, 5.74) is 0.821. The van der Waals surface area contributed by atoms with Gasteiger partial charge in [0.25, 0.3) is 0 Å². The molecule has 0 bridgehead atoms. The molecule has 6 nitrogen and oxygen atoms in total. The summed E-state index contributed by atoms with van der Waals surface area (Å²) >= 11 is 0. The number of aryl methyl sites for hydroxylation is 1. The number of fused-ring (bicyclic) bond motifs is 1. The average molecular weight is 221 g/mol. The number of anilines is 1. The van der Waals surface area contributed by atoms with Crippen LogP contribution in [0.1, 0.15) is 6.92 Å². The molecule has 0 saturated heterocycles. The number of nitrogens with zero attached hydrogens (tertiary/aromatic N) is 4. The SMILES string of the molecule is COCC(C)Nc1ncnc2c1cnn2C. The molecule has 86 valence electrons. The van der Waals surface area contributed by atoms with Crippen LogP contribution in [0.5, 0.6) is 0 Å². The molecule has 2 aromatic rings. The lowest BCUT2D eigenvalue weighted by Crippen LogP contribution is -2.21. The highest BCUT2D eigenvalue weighted by molar-refractivity contribution is 5.86. The van der Waals surface area contributed by atoms with Crippen LogP contribution in [0.4, 0.5) is 5.82 Å². The van der Waals surface area contributed by atoms with Crippen molar-refractivity contribution in [3.05, 3.63) is 12.5 Å². The van der Waals surface area contributed by atoms with Crippen molar-refractivity contribution in [1.29, 1.82) is 0 Å². The molecule has 2 rings (SSSR count). The molecule has 1 unspecified atom stereocenters. The standard InChI is InChI=1S/C10H15N5O/c1-7(5-16-3)14-9-8-4-13-15(2)10(8)12-6-11-9/h4,6-7H,5H2,1-3H3,(H,11,12,14). The van der Waals surface area contributed by atoms with E-state index < -0.39 is 0 Å². The van der Waals surface area contributed by atoms with Gasteiger partial charge in [-0.3, -0.25) is 4.68 Å². The second-order valence-electron chi connectivity index (χ2n) is 3.73.